The maximum absolute atomic E-state index is 11.2. The molecule has 4 fully saturated rings. The Bertz CT molecular complexity index is 612. The number of aliphatic hydroxyl groups is 2. The van der Waals surface area contributed by atoms with Crippen LogP contribution < -0.4 is 34.7 Å². The van der Waals surface area contributed by atoms with Crippen molar-refractivity contribution < 1.29 is 49.7 Å². The summed E-state index contributed by atoms with van der Waals surface area (Å²) in [6, 6.07) is 0. The smallest absolute Gasteiger partial charge is 0.550 e. The van der Waals surface area contributed by atoms with Gasteiger partial charge in [-0.05, 0) is 111 Å². The van der Waals surface area contributed by atoms with E-state index in [9.17, 15) is 20.1 Å². The molecule has 4 nitrogen and oxygen atoms in total. The SMILES string of the molecule is C[C@H](CCC(=O)[O-])[C@H]1CC[C@H]2C3[C@H](O)CC4C[C@H](O)CCC4(C)[C@H]3CCC12C.[Na+]. The first kappa shape index (κ1) is 24.0. The second-order valence-corrected chi connectivity index (χ2v) is 11.3. The number of carbonyl (C=O) groups is 1. The van der Waals surface area contributed by atoms with Crippen LogP contribution in [0.4, 0.5) is 0 Å². The molecule has 29 heavy (non-hydrogen) atoms. The summed E-state index contributed by atoms with van der Waals surface area (Å²) in [5.74, 6) is 1.99. The average molecular weight is 415 g/mol. The van der Waals surface area contributed by atoms with Gasteiger partial charge < -0.3 is 20.1 Å². The molecule has 0 spiro atoms. The van der Waals surface area contributed by atoms with Crippen LogP contribution in [0.25, 0.3) is 0 Å². The Labute approximate surface area is 198 Å². The van der Waals surface area contributed by atoms with E-state index in [1.165, 1.54) is 25.7 Å². The van der Waals surface area contributed by atoms with Gasteiger partial charge in [0, 0.05) is 5.97 Å². The third kappa shape index (κ3) is 3.99. The van der Waals surface area contributed by atoms with E-state index in [1.54, 1.807) is 0 Å². The minimum atomic E-state index is -0.934. The summed E-state index contributed by atoms with van der Waals surface area (Å²) in [7, 11) is 0. The standard InChI is InChI=1S/C24H40O4.Na/c1-14(4-7-21(27)28)17-5-6-18-22-19(9-11-24(17,18)3)23(2)10-8-16(25)12-15(23)13-20(22)26;/h14-20,22,25-26H,4-13H2,1-3H3,(H,27,28);/q;+1/p-1/t14-,15?,16-,17-,18+,19+,20-,22?,23?,24?;/m1./s1. The number of carbonyl (C=O) groups excluding carboxylic acids is 1. The summed E-state index contributed by atoms with van der Waals surface area (Å²) < 4.78 is 0. The maximum Gasteiger partial charge on any atom is 1.00 e. The Balaban J connectivity index is 0.00000240. The van der Waals surface area contributed by atoms with Crippen molar-refractivity contribution in [3.8, 4) is 0 Å². The van der Waals surface area contributed by atoms with Gasteiger partial charge in [0.15, 0.2) is 0 Å². The van der Waals surface area contributed by atoms with E-state index in [0.29, 0.717) is 41.9 Å². The van der Waals surface area contributed by atoms with Gasteiger partial charge in [0.25, 0.3) is 0 Å². The second kappa shape index (κ2) is 8.73. The monoisotopic (exact) mass is 414 g/mol. The maximum atomic E-state index is 11.2. The molecule has 0 amide bonds. The molecule has 0 bridgehead atoms. The van der Waals surface area contributed by atoms with E-state index in [2.05, 4.69) is 20.8 Å². The van der Waals surface area contributed by atoms with Crippen molar-refractivity contribution in [1.82, 2.24) is 0 Å². The molecule has 0 heterocycles. The van der Waals surface area contributed by atoms with Crippen molar-refractivity contribution in [1.29, 1.82) is 0 Å². The van der Waals surface area contributed by atoms with E-state index >= 15 is 0 Å². The summed E-state index contributed by atoms with van der Waals surface area (Å²) >= 11 is 0. The van der Waals surface area contributed by atoms with Crippen LogP contribution in [0.1, 0.15) is 85.0 Å². The van der Waals surface area contributed by atoms with Crippen LogP contribution in [0.15, 0.2) is 0 Å². The summed E-state index contributed by atoms with van der Waals surface area (Å²) in [4.78, 5) is 10.9. The zero-order valence-electron chi connectivity index (χ0n) is 18.9. The number of aliphatic carboxylic acids is 1. The number of hydrogen-bond donors (Lipinski definition) is 2. The Morgan fingerprint density at radius 3 is 2.38 bits per heavy atom. The van der Waals surface area contributed by atoms with Gasteiger partial charge in [-0.3, -0.25) is 0 Å². The van der Waals surface area contributed by atoms with E-state index in [0.717, 1.165) is 25.7 Å². The van der Waals surface area contributed by atoms with Crippen molar-refractivity contribution in [2.45, 2.75) is 97.2 Å². The minimum absolute atomic E-state index is 0. The molecule has 0 saturated heterocycles. The van der Waals surface area contributed by atoms with Gasteiger partial charge in [0.1, 0.15) is 0 Å². The van der Waals surface area contributed by atoms with Crippen molar-refractivity contribution in [2.24, 2.45) is 46.3 Å². The van der Waals surface area contributed by atoms with Gasteiger partial charge in [-0.25, -0.2) is 0 Å². The third-order valence-electron chi connectivity index (χ3n) is 10.2. The molecule has 5 heteroatoms. The van der Waals surface area contributed by atoms with Crippen LogP contribution in [0.2, 0.25) is 0 Å². The normalized spacial score (nSPS) is 49.9. The van der Waals surface area contributed by atoms with Gasteiger partial charge >= 0.3 is 29.6 Å². The summed E-state index contributed by atoms with van der Waals surface area (Å²) in [6.45, 7) is 7.11. The van der Waals surface area contributed by atoms with Gasteiger partial charge in [-0.1, -0.05) is 20.8 Å². The molecular formula is C24H39NaO4. The number of carboxylic acids is 1. The van der Waals surface area contributed by atoms with Crippen LogP contribution in [-0.4, -0.2) is 28.4 Å². The van der Waals surface area contributed by atoms with Crippen molar-refractivity contribution in [3.63, 3.8) is 0 Å². The first-order valence-electron chi connectivity index (χ1n) is 11.7. The largest absolute Gasteiger partial charge is 1.00 e. The van der Waals surface area contributed by atoms with Crippen LogP contribution >= 0.6 is 0 Å². The van der Waals surface area contributed by atoms with Crippen LogP contribution in [-0.2, 0) is 4.79 Å². The average Bonchev–Trinajstić information content (AvgIpc) is 2.98. The molecule has 2 N–H and O–H groups in total. The minimum Gasteiger partial charge on any atom is -0.550 e. The third-order valence-corrected chi connectivity index (χ3v) is 10.2. The van der Waals surface area contributed by atoms with E-state index in [-0.39, 0.29) is 59.0 Å². The van der Waals surface area contributed by atoms with Crippen molar-refractivity contribution in [2.75, 3.05) is 0 Å². The molecule has 0 aromatic heterocycles. The van der Waals surface area contributed by atoms with Crippen LogP contribution in [0.3, 0.4) is 0 Å². The fourth-order valence-electron chi connectivity index (χ4n) is 8.72. The molecule has 4 aliphatic rings. The Kier molecular flexibility index (Phi) is 7.24. The second-order valence-electron chi connectivity index (χ2n) is 11.3. The van der Waals surface area contributed by atoms with E-state index in [4.69, 9.17) is 0 Å². The number of fused-ring (bicyclic) bond motifs is 5. The fraction of sp³-hybridized carbons (Fsp3) is 0.958. The van der Waals surface area contributed by atoms with Crippen LogP contribution in [0, 0.1) is 46.3 Å². The molecule has 4 rings (SSSR count). The molecule has 10 atom stereocenters. The molecule has 0 radical (unpaired) electrons. The van der Waals surface area contributed by atoms with Crippen molar-refractivity contribution >= 4 is 5.97 Å². The molecule has 0 aromatic rings. The summed E-state index contributed by atoms with van der Waals surface area (Å²) in [5, 5.41) is 32.4. The Morgan fingerprint density at radius 2 is 1.69 bits per heavy atom. The van der Waals surface area contributed by atoms with E-state index in [1.807, 2.05) is 0 Å². The molecule has 4 aliphatic carbocycles. The first-order valence-corrected chi connectivity index (χ1v) is 11.7. The summed E-state index contributed by atoms with van der Waals surface area (Å²) in [6.07, 6.45) is 8.91. The summed E-state index contributed by atoms with van der Waals surface area (Å²) in [5.41, 5.74) is 0.494. The topological polar surface area (TPSA) is 80.6 Å². The Morgan fingerprint density at radius 1 is 1.03 bits per heavy atom. The number of aliphatic hydroxyl groups excluding tert-OH is 2. The number of carboxylic acid groups (broad SMARTS) is 1. The fourth-order valence-corrected chi connectivity index (χ4v) is 8.72. The molecule has 0 aromatic carbocycles. The molecule has 160 valence electrons. The molecule has 4 saturated carbocycles. The predicted molar refractivity (Wildman–Crippen MR) is 106 cm³/mol. The first-order chi connectivity index (χ1) is 13.2. The zero-order valence-corrected chi connectivity index (χ0v) is 20.9. The van der Waals surface area contributed by atoms with Crippen molar-refractivity contribution in [3.05, 3.63) is 0 Å². The Hall–Kier alpha value is 0.390. The number of hydrogen-bond acceptors (Lipinski definition) is 4. The molecule has 0 aliphatic heterocycles. The van der Waals surface area contributed by atoms with Gasteiger partial charge in [0.2, 0.25) is 0 Å². The zero-order chi connectivity index (χ0) is 20.3. The van der Waals surface area contributed by atoms with Gasteiger partial charge in [-0.15, -0.1) is 0 Å². The predicted octanol–water partition coefficient (Wildman–Crippen LogP) is 0.147. The molecular weight excluding hydrogens is 375 g/mol. The number of rotatable bonds is 4. The van der Waals surface area contributed by atoms with Gasteiger partial charge in [0.05, 0.1) is 12.2 Å². The van der Waals surface area contributed by atoms with Crippen LogP contribution in [0.5, 0.6) is 0 Å². The quantitative estimate of drug-likeness (QED) is 0.642. The molecule has 4 unspecified atom stereocenters. The van der Waals surface area contributed by atoms with E-state index < -0.39 is 5.97 Å². The van der Waals surface area contributed by atoms with Gasteiger partial charge in [-0.2, -0.15) is 0 Å².